The van der Waals surface area contributed by atoms with Gasteiger partial charge in [-0.2, -0.15) is 0 Å². The van der Waals surface area contributed by atoms with Crippen LogP contribution < -0.4 is 5.32 Å². The number of likely N-dealkylation sites (tertiary alicyclic amines) is 1. The number of amides is 2. The van der Waals surface area contributed by atoms with Gasteiger partial charge in [0.1, 0.15) is 12.6 Å². The van der Waals surface area contributed by atoms with E-state index in [1.807, 2.05) is 50.2 Å². The Balaban J connectivity index is 1.45. The minimum absolute atomic E-state index is 0.0973. The van der Waals surface area contributed by atoms with Gasteiger partial charge in [0.15, 0.2) is 0 Å². The summed E-state index contributed by atoms with van der Waals surface area (Å²) in [6.45, 7) is 6.60. The van der Waals surface area contributed by atoms with Crippen molar-refractivity contribution in [1.29, 1.82) is 0 Å². The van der Waals surface area contributed by atoms with E-state index < -0.39 is 30.1 Å². The molecule has 7 nitrogen and oxygen atoms in total. The molecule has 0 bridgehead atoms. The molecule has 2 aromatic carbocycles. The Bertz CT molecular complexity index is 1030. The number of alkyl carbamates (subject to hydrolysis) is 1. The first kappa shape index (κ1) is 22.8. The molecule has 2 atom stereocenters. The van der Waals surface area contributed by atoms with Crippen LogP contribution in [0.4, 0.5) is 4.79 Å². The van der Waals surface area contributed by atoms with Gasteiger partial charge in [-0.25, -0.2) is 4.79 Å². The van der Waals surface area contributed by atoms with Gasteiger partial charge in [0, 0.05) is 18.0 Å². The number of carbonyl (C=O) groups excluding carboxylic acids is 2. The topological polar surface area (TPSA) is 95.9 Å². The molecule has 7 heteroatoms. The molecule has 2 aliphatic rings. The largest absolute Gasteiger partial charge is 0.481 e. The van der Waals surface area contributed by atoms with Crippen LogP contribution in [0.2, 0.25) is 0 Å². The Kier molecular flexibility index (Phi) is 6.15. The highest BCUT2D eigenvalue weighted by molar-refractivity contribution is 5.90. The first-order valence-corrected chi connectivity index (χ1v) is 11.3. The summed E-state index contributed by atoms with van der Waals surface area (Å²) in [5.41, 5.74) is 4.00. The van der Waals surface area contributed by atoms with Crippen molar-refractivity contribution in [3.05, 3.63) is 59.7 Å². The smallest absolute Gasteiger partial charge is 0.407 e. The second-order valence-electron chi connectivity index (χ2n) is 9.69. The third-order valence-electron chi connectivity index (χ3n) is 6.65. The fourth-order valence-electron chi connectivity index (χ4n) is 5.32. The summed E-state index contributed by atoms with van der Waals surface area (Å²) in [6.07, 6.45) is -0.463. The van der Waals surface area contributed by atoms with E-state index in [-0.39, 0.29) is 18.4 Å². The van der Waals surface area contributed by atoms with E-state index in [0.717, 1.165) is 28.7 Å². The minimum atomic E-state index is -1.18. The Morgan fingerprint density at radius 3 is 2.18 bits per heavy atom. The quantitative estimate of drug-likeness (QED) is 0.693. The normalized spacial score (nSPS) is 19.5. The number of fused-ring (bicyclic) bond motifs is 3. The van der Waals surface area contributed by atoms with E-state index in [1.54, 1.807) is 4.90 Å². The van der Waals surface area contributed by atoms with Crippen molar-refractivity contribution in [2.24, 2.45) is 5.92 Å². The van der Waals surface area contributed by atoms with E-state index in [2.05, 4.69) is 24.4 Å². The molecular weight excluding hydrogens is 420 g/mol. The van der Waals surface area contributed by atoms with Crippen molar-refractivity contribution in [2.45, 2.75) is 51.1 Å². The number of aliphatic carboxylic acids is 1. The number of carboxylic acids is 1. The summed E-state index contributed by atoms with van der Waals surface area (Å²) >= 11 is 0. The molecular formula is C26H30N2O5. The average Bonchev–Trinajstić information content (AvgIpc) is 3.23. The molecule has 2 aromatic rings. The number of benzene rings is 2. The highest BCUT2D eigenvalue weighted by Crippen LogP contribution is 2.44. The van der Waals surface area contributed by atoms with Gasteiger partial charge in [-0.3, -0.25) is 9.59 Å². The van der Waals surface area contributed by atoms with Crippen LogP contribution in [0.3, 0.4) is 0 Å². The number of rotatable bonds is 6. The molecule has 0 saturated carbocycles. The first-order chi connectivity index (χ1) is 15.7. The van der Waals surface area contributed by atoms with E-state index in [1.165, 1.54) is 0 Å². The lowest BCUT2D eigenvalue weighted by Crippen LogP contribution is -2.53. The summed E-state index contributed by atoms with van der Waals surface area (Å²) in [6, 6.07) is 14.8. The predicted molar refractivity (Wildman–Crippen MR) is 124 cm³/mol. The third-order valence-corrected chi connectivity index (χ3v) is 6.65. The van der Waals surface area contributed by atoms with Crippen LogP contribution in [0.25, 0.3) is 11.1 Å². The fraction of sp³-hybridized carbons (Fsp3) is 0.423. The lowest BCUT2D eigenvalue weighted by molar-refractivity contribution is -0.144. The molecule has 33 heavy (non-hydrogen) atoms. The minimum Gasteiger partial charge on any atom is -0.481 e. The van der Waals surface area contributed by atoms with Gasteiger partial charge in [0.2, 0.25) is 5.91 Å². The van der Waals surface area contributed by atoms with Crippen molar-refractivity contribution in [3.8, 4) is 11.1 Å². The van der Waals surface area contributed by atoms with E-state index >= 15 is 0 Å². The van der Waals surface area contributed by atoms with Crippen molar-refractivity contribution >= 4 is 18.0 Å². The van der Waals surface area contributed by atoms with Crippen LogP contribution in [0, 0.1) is 5.92 Å². The molecule has 1 aliphatic carbocycles. The number of nitrogens with zero attached hydrogens (tertiary/aromatic N) is 1. The van der Waals surface area contributed by atoms with Crippen molar-refractivity contribution in [3.63, 3.8) is 0 Å². The van der Waals surface area contributed by atoms with Gasteiger partial charge < -0.3 is 20.1 Å². The van der Waals surface area contributed by atoms with E-state index in [9.17, 15) is 19.5 Å². The molecule has 0 spiro atoms. The number of carbonyl (C=O) groups is 3. The molecule has 1 heterocycles. The maximum absolute atomic E-state index is 13.2. The second-order valence-corrected chi connectivity index (χ2v) is 9.69. The fourth-order valence-corrected chi connectivity index (χ4v) is 5.32. The lowest BCUT2D eigenvalue weighted by atomic mass is 9.97. The number of ether oxygens (including phenoxy) is 1. The molecule has 4 rings (SSSR count). The predicted octanol–water partition coefficient (Wildman–Crippen LogP) is 4.02. The molecule has 2 unspecified atom stereocenters. The van der Waals surface area contributed by atoms with Crippen molar-refractivity contribution in [1.82, 2.24) is 10.2 Å². The first-order valence-electron chi connectivity index (χ1n) is 11.3. The SMILES string of the molecule is CC1CN(C(=O)C(CC(=O)O)NC(=O)OCC2c3ccccc3-c3ccccc32)C(C)(C)C1. The summed E-state index contributed by atoms with van der Waals surface area (Å²) < 4.78 is 5.52. The van der Waals surface area contributed by atoms with Gasteiger partial charge in [-0.15, -0.1) is 0 Å². The Morgan fingerprint density at radius 1 is 1.09 bits per heavy atom. The summed E-state index contributed by atoms with van der Waals surface area (Å²) in [5, 5.41) is 11.8. The highest BCUT2D eigenvalue weighted by atomic mass is 16.5. The molecule has 2 N–H and O–H groups in total. The average molecular weight is 451 g/mol. The van der Waals surface area contributed by atoms with Crippen molar-refractivity contribution in [2.75, 3.05) is 13.2 Å². The molecule has 174 valence electrons. The van der Waals surface area contributed by atoms with Gasteiger partial charge in [-0.05, 0) is 48.4 Å². The van der Waals surface area contributed by atoms with E-state index in [4.69, 9.17) is 4.74 Å². The molecule has 0 aromatic heterocycles. The van der Waals surface area contributed by atoms with Crippen LogP contribution in [0.15, 0.2) is 48.5 Å². The van der Waals surface area contributed by atoms with Crippen LogP contribution in [0.1, 0.15) is 50.7 Å². The number of hydrogen-bond acceptors (Lipinski definition) is 4. The molecule has 1 aliphatic heterocycles. The standard InChI is InChI=1S/C26H30N2O5/c1-16-13-26(2,3)28(14-16)24(31)22(12-23(29)30)27-25(32)33-15-21-19-10-6-4-8-17(19)18-9-5-7-11-20(18)21/h4-11,16,21-22H,12-15H2,1-3H3,(H,27,32)(H,29,30). The maximum atomic E-state index is 13.2. The zero-order chi connectivity index (χ0) is 23.8. The number of carboxylic acid groups (broad SMARTS) is 1. The molecule has 1 saturated heterocycles. The second kappa shape index (κ2) is 8.89. The monoisotopic (exact) mass is 450 g/mol. The van der Waals surface area contributed by atoms with Gasteiger partial charge >= 0.3 is 12.1 Å². The van der Waals surface area contributed by atoms with Crippen molar-refractivity contribution < 1.29 is 24.2 Å². The Morgan fingerprint density at radius 2 is 1.67 bits per heavy atom. The molecule has 1 fully saturated rings. The molecule has 2 amide bonds. The van der Waals surface area contributed by atoms with Crippen LogP contribution in [0.5, 0.6) is 0 Å². The van der Waals surface area contributed by atoms with Crippen LogP contribution >= 0.6 is 0 Å². The van der Waals surface area contributed by atoms with Crippen LogP contribution in [-0.2, 0) is 14.3 Å². The van der Waals surface area contributed by atoms with Gasteiger partial charge in [0.05, 0.1) is 6.42 Å². The number of nitrogens with one attached hydrogen (secondary N) is 1. The zero-order valence-electron chi connectivity index (χ0n) is 19.2. The lowest BCUT2D eigenvalue weighted by Gasteiger charge is -2.34. The summed E-state index contributed by atoms with van der Waals surface area (Å²) in [7, 11) is 0. The highest BCUT2D eigenvalue weighted by Gasteiger charge is 2.42. The van der Waals surface area contributed by atoms with Gasteiger partial charge in [0.25, 0.3) is 0 Å². The van der Waals surface area contributed by atoms with Gasteiger partial charge in [-0.1, -0.05) is 55.5 Å². The Labute approximate surface area is 193 Å². The number of hydrogen-bond donors (Lipinski definition) is 2. The van der Waals surface area contributed by atoms with E-state index in [0.29, 0.717) is 12.5 Å². The molecule has 0 radical (unpaired) electrons. The Hall–Kier alpha value is -3.35. The van der Waals surface area contributed by atoms with Crippen LogP contribution in [-0.4, -0.2) is 52.7 Å². The zero-order valence-corrected chi connectivity index (χ0v) is 19.2. The maximum Gasteiger partial charge on any atom is 0.407 e. The summed E-state index contributed by atoms with van der Waals surface area (Å²) in [5.74, 6) is -1.35. The summed E-state index contributed by atoms with van der Waals surface area (Å²) in [4.78, 5) is 38.9. The third kappa shape index (κ3) is 4.58.